The smallest absolute Gasteiger partial charge is 0.0622 e. The van der Waals surface area contributed by atoms with Gasteiger partial charge in [-0.2, -0.15) is 5.10 Å². The van der Waals surface area contributed by atoms with Crippen molar-refractivity contribution >= 4 is 0 Å². The van der Waals surface area contributed by atoms with Crippen molar-refractivity contribution < 1.29 is 0 Å². The number of hydrogen-bond donors (Lipinski definition) is 2. The molecule has 0 amide bonds. The monoisotopic (exact) mass is 193 g/mol. The number of aryl methyl sites for hydroxylation is 1. The molecular formula is C11H19N3. The predicted molar refractivity (Wildman–Crippen MR) is 57.3 cm³/mol. The zero-order valence-electron chi connectivity index (χ0n) is 8.84. The number of piperidine rings is 1. The van der Waals surface area contributed by atoms with E-state index in [1.165, 1.54) is 37.2 Å². The second-order valence-electron chi connectivity index (χ2n) is 4.09. The first-order valence-corrected chi connectivity index (χ1v) is 5.65. The molecule has 0 radical (unpaired) electrons. The maximum atomic E-state index is 4.25. The van der Waals surface area contributed by atoms with Crippen LogP contribution in [0, 0.1) is 0 Å². The van der Waals surface area contributed by atoms with Gasteiger partial charge in [-0.1, -0.05) is 13.3 Å². The number of rotatable bonds is 3. The predicted octanol–water partition coefficient (Wildman–Crippen LogP) is 1.66. The molecule has 2 N–H and O–H groups in total. The first-order valence-electron chi connectivity index (χ1n) is 5.65. The minimum Gasteiger partial charge on any atom is -0.314 e. The van der Waals surface area contributed by atoms with Crippen LogP contribution in [-0.2, 0) is 12.8 Å². The molecule has 14 heavy (non-hydrogen) atoms. The molecule has 2 rings (SSSR count). The fourth-order valence-electron chi connectivity index (χ4n) is 2.06. The molecule has 1 fully saturated rings. The van der Waals surface area contributed by atoms with E-state index in [4.69, 9.17) is 0 Å². The number of nitrogens with one attached hydrogen (secondary N) is 2. The van der Waals surface area contributed by atoms with E-state index in [1.807, 2.05) is 0 Å². The van der Waals surface area contributed by atoms with Crippen LogP contribution in [0.3, 0.4) is 0 Å². The number of H-pyrrole nitrogens is 1. The standard InChI is InChI=1S/C11H19N3/c1-2-9-7-11(14-13-9)8-10-5-3-4-6-12-10/h7,10,12H,2-6,8H2,1H3,(H,13,14). The van der Waals surface area contributed by atoms with E-state index < -0.39 is 0 Å². The van der Waals surface area contributed by atoms with Crippen LogP contribution in [0.5, 0.6) is 0 Å². The first kappa shape index (κ1) is 9.71. The first-order chi connectivity index (χ1) is 6.88. The summed E-state index contributed by atoms with van der Waals surface area (Å²) in [5, 5.41) is 10.9. The fourth-order valence-corrected chi connectivity index (χ4v) is 2.06. The van der Waals surface area contributed by atoms with Gasteiger partial charge in [0.1, 0.15) is 0 Å². The summed E-state index contributed by atoms with van der Waals surface area (Å²) < 4.78 is 0. The van der Waals surface area contributed by atoms with Gasteiger partial charge >= 0.3 is 0 Å². The summed E-state index contributed by atoms with van der Waals surface area (Å²) in [4.78, 5) is 0. The van der Waals surface area contributed by atoms with Crippen molar-refractivity contribution in [1.29, 1.82) is 0 Å². The molecule has 1 aromatic rings. The molecule has 78 valence electrons. The molecular weight excluding hydrogens is 174 g/mol. The van der Waals surface area contributed by atoms with Crippen molar-refractivity contribution in [2.24, 2.45) is 0 Å². The van der Waals surface area contributed by atoms with E-state index in [9.17, 15) is 0 Å². The molecule has 0 aliphatic carbocycles. The highest BCUT2D eigenvalue weighted by molar-refractivity contribution is 5.09. The Kier molecular flexibility index (Phi) is 3.19. The summed E-state index contributed by atoms with van der Waals surface area (Å²) in [6, 6.07) is 2.85. The molecule has 1 atom stereocenters. The van der Waals surface area contributed by atoms with Gasteiger partial charge in [-0.3, -0.25) is 5.10 Å². The largest absolute Gasteiger partial charge is 0.314 e. The molecule has 1 aromatic heterocycles. The molecule has 1 aliphatic heterocycles. The number of nitrogens with zero attached hydrogens (tertiary/aromatic N) is 1. The second kappa shape index (κ2) is 4.60. The van der Waals surface area contributed by atoms with Crippen LogP contribution in [0.1, 0.15) is 37.6 Å². The van der Waals surface area contributed by atoms with E-state index in [0.717, 1.165) is 12.8 Å². The Balaban J connectivity index is 1.89. The van der Waals surface area contributed by atoms with E-state index in [-0.39, 0.29) is 0 Å². The normalized spacial score (nSPS) is 22.5. The maximum absolute atomic E-state index is 4.25. The molecule has 0 bridgehead atoms. The number of hydrogen-bond acceptors (Lipinski definition) is 2. The minimum atomic E-state index is 0.661. The highest BCUT2D eigenvalue weighted by atomic mass is 15.1. The van der Waals surface area contributed by atoms with Crippen molar-refractivity contribution in [2.75, 3.05) is 6.54 Å². The van der Waals surface area contributed by atoms with Crippen LogP contribution in [0.15, 0.2) is 6.07 Å². The molecule has 1 aliphatic rings. The van der Waals surface area contributed by atoms with Crippen molar-refractivity contribution in [1.82, 2.24) is 15.5 Å². The molecule has 0 spiro atoms. The van der Waals surface area contributed by atoms with E-state index in [1.54, 1.807) is 0 Å². The van der Waals surface area contributed by atoms with Crippen molar-refractivity contribution in [2.45, 2.75) is 45.1 Å². The Morgan fingerprint density at radius 3 is 3.07 bits per heavy atom. The van der Waals surface area contributed by atoms with Gasteiger partial charge in [-0.05, 0) is 31.9 Å². The zero-order valence-corrected chi connectivity index (χ0v) is 8.84. The van der Waals surface area contributed by atoms with Crippen LogP contribution < -0.4 is 5.32 Å². The van der Waals surface area contributed by atoms with Gasteiger partial charge in [-0.15, -0.1) is 0 Å². The maximum Gasteiger partial charge on any atom is 0.0622 e. The van der Waals surface area contributed by atoms with Crippen molar-refractivity contribution in [3.05, 3.63) is 17.5 Å². The summed E-state index contributed by atoms with van der Waals surface area (Å²) in [5.74, 6) is 0. The molecule has 0 saturated carbocycles. The fraction of sp³-hybridized carbons (Fsp3) is 0.727. The topological polar surface area (TPSA) is 40.7 Å². The van der Waals surface area contributed by atoms with Crippen LogP contribution in [0.4, 0.5) is 0 Å². The summed E-state index contributed by atoms with van der Waals surface area (Å²) in [6.07, 6.45) is 6.13. The molecule has 0 aromatic carbocycles. The Bertz CT molecular complexity index is 274. The van der Waals surface area contributed by atoms with Gasteiger partial charge in [0.05, 0.1) is 5.69 Å². The molecule has 1 saturated heterocycles. The van der Waals surface area contributed by atoms with Crippen LogP contribution in [0.25, 0.3) is 0 Å². The van der Waals surface area contributed by atoms with Crippen LogP contribution >= 0.6 is 0 Å². The Labute approximate surface area is 85.3 Å². The van der Waals surface area contributed by atoms with Gasteiger partial charge in [0.15, 0.2) is 0 Å². The minimum absolute atomic E-state index is 0.661. The zero-order chi connectivity index (χ0) is 9.80. The van der Waals surface area contributed by atoms with E-state index >= 15 is 0 Å². The highest BCUT2D eigenvalue weighted by Gasteiger charge is 2.13. The Morgan fingerprint density at radius 1 is 1.50 bits per heavy atom. The van der Waals surface area contributed by atoms with Gasteiger partial charge in [-0.25, -0.2) is 0 Å². The van der Waals surface area contributed by atoms with E-state index in [0.29, 0.717) is 6.04 Å². The average Bonchev–Trinajstić information content (AvgIpc) is 2.67. The Morgan fingerprint density at radius 2 is 2.43 bits per heavy atom. The summed E-state index contributed by atoms with van der Waals surface area (Å²) in [6.45, 7) is 3.32. The molecule has 1 unspecified atom stereocenters. The number of aromatic nitrogens is 2. The lowest BCUT2D eigenvalue weighted by Gasteiger charge is -2.22. The van der Waals surface area contributed by atoms with Crippen molar-refractivity contribution in [3.8, 4) is 0 Å². The lowest BCUT2D eigenvalue weighted by atomic mass is 10.0. The average molecular weight is 193 g/mol. The summed E-state index contributed by atoms with van der Waals surface area (Å²) in [5.41, 5.74) is 2.46. The second-order valence-corrected chi connectivity index (χ2v) is 4.09. The summed E-state index contributed by atoms with van der Waals surface area (Å²) in [7, 11) is 0. The lowest BCUT2D eigenvalue weighted by Crippen LogP contribution is -2.35. The van der Waals surface area contributed by atoms with Gasteiger partial charge in [0.25, 0.3) is 0 Å². The SMILES string of the molecule is CCc1cc(CC2CCCCN2)[nH]n1. The highest BCUT2D eigenvalue weighted by Crippen LogP contribution is 2.12. The number of aromatic amines is 1. The molecule has 2 heterocycles. The van der Waals surface area contributed by atoms with E-state index in [2.05, 4.69) is 28.5 Å². The van der Waals surface area contributed by atoms with Gasteiger partial charge < -0.3 is 5.32 Å². The van der Waals surface area contributed by atoms with Crippen LogP contribution in [0.2, 0.25) is 0 Å². The quantitative estimate of drug-likeness (QED) is 0.766. The van der Waals surface area contributed by atoms with Crippen molar-refractivity contribution in [3.63, 3.8) is 0 Å². The summed E-state index contributed by atoms with van der Waals surface area (Å²) >= 11 is 0. The molecule has 3 heteroatoms. The third-order valence-electron chi connectivity index (χ3n) is 2.92. The van der Waals surface area contributed by atoms with Gasteiger partial charge in [0, 0.05) is 18.2 Å². The van der Waals surface area contributed by atoms with Gasteiger partial charge in [0.2, 0.25) is 0 Å². The third-order valence-corrected chi connectivity index (χ3v) is 2.92. The van der Waals surface area contributed by atoms with Crippen LogP contribution in [-0.4, -0.2) is 22.8 Å². The third kappa shape index (κ3) is 2.35. The Hall–Kier alpha value is -0.830. The molecule has 3 nitrogen and oxygen atoms in total. The lowest BCUT2D eigenvalue weighted by molar-refractivity contribution is 0.397.